The summed E-state index contributed by atoms with van der Waals surface area (Å²) in [5.41, 5.74) is 6.78. The normalized spacial score (nSPS) is 11.9. The monoisotopic (exact) mass is 268 g/mol. The van der Waals surface area contributed by atoms with E-state index >= 15 is 0 Å². The smallest absolute Gasteiger partial charge is 0.244 e. The summed E-state index contributed by atoms with van der Waals surface area (Å²) in [5, 5.41) is 3.01. The Morgan fingerprint density at radius 2 is 2.27 bits per heavy atom. The molecule has 1 aromatic rings. The number of benzene rings is 1. The minimum Gasteiger partial charge on any atom is -0.370 e. The zero-order valence-electron chi connectivity index (χ0n) is 8.46. The summed E-state index contributed by atoms with van der Waals surface area (Å²) < 4.78 is 0.942. The predicted octanol–water partition coefficient (Wildman–Crippen LogP) is 2.29. The Bertz CT molecular complexity index is 376. The summed E-state index contributed by atoms with van der Waals surface area (Å²) in [7, 11) is 0. The molecule has 0 aliphatic heterocycles. The molecule has 0 saturated carbocycles. The van der Waals surface area contributed by atoms with Crippen LogP contribution in [-0.2, 0) is 4.79 Å². The van der Waals surface area contributed by atoms with Gasteiger partial charge in [0.2, 0.25) is 5.91 Å². The van der Waals surface area contributed by atoms with Gasteiger partial charge >= 0.3 is 0 Å². The van der Waals surface area contributed by atoms with Crippen LogP contribution >= 0.6 is 15.9 Å². The van der Waals surface area contributed by atoms with Gasteiger partial charge in [0.25, 0.3) is 0 Å². The van der Waals surface area contributed by atoms with E-state index in [9.17, 15) is 4.79 Å². The Kier molecular flexibility index (Phi) is 3.91. The first-order valence-corrected chi connectivity index (χ1v) is 5.27. The molecule has 0 heterocycles. The fourth-order valence-corrected chi connectivity index (χ4v) is 1.58. The fraction of sp³-hybridized carbons (Fsp3) is 0.182. The Balaban J connectivity index is 2.83. The van der Waals surface area contributed by atoms with Crippen molar-refractivity contribution in [1.29, 1.82) is 0 Å². The van der Waals surface area contributed by atoms with Crippen molar-refractivity contribution in [3.05, 3.63) is 40.9 Å². The molecule has 80 valence electrons. The highest BCUT2D eigenvalue weighted by Crippen LogP contribution is 2.17. The van der Waals surface area contributed by atoms with E-state index in [1.54, 1.807) is 6.92 Å². The number of primary amides is 1. The molecule has 0 bridgehead atoms. The van der Waals surface area contributed by atoms with Crippen LogP contribution in [-0.4, -0.2) is 11.9 Å². The lowest BCUT2D eigenvalue weighted by atomic mass is 10.1. The summed E-state index contributed by atoms with van der Waals surface area (Å²) in [6, 6.07) is 7.00. The van der Waals surface area contributed by atoms with Crippen LogP contribution in [0.1, 0.15) is 6.92 Å². The van der Waals surface area contributed by atoms with E-state index in [2.05, 4.69) is 27.8 Å². The Hall–Kier alpha value is -1.29. The highest BCUT2D eigenvalue weighted by molar-refractivity contribution is 9.10. The Morgan fingerprint density at radius 3 is 2.73 bits per heavy atom. The van der Waals surface area contributed by atoms with Crippen molar-refractivity contribution in [3.8, 4) is 0 Å². The SMILES string of the molecule is C=C(C)C(Nc1cccc(Br)c1)C(N)=O. The molecule has 1 atom stereocenters. The van der Waals surface area contributed by atoms with E-state index in [4.69, 9.17) is 5.73 Å². The standard InChI is InChI=1S/C11H13BrN2O/c1-7(2)10(11(13)15)14-9-5-3-4-8(12)6-9/h3-6,10,14H,1H2,2H3,(H2,13,15). The fourth-order valence-electron chi connectivity index (χ4n) is 1.18. The summed E-state index contributed by atoms with van der Waals surface area (Å²) in [6.07, 6.45) is 0. The third kappa shape index (κ3) is 3.40. The number of amides is 1. The minimum absolute atomic E-state index is 0.428. The van der Waals surface area contributed by atoms with Gasteiger partial charge in [-0.1, -0.05) is 28.6 Å². The summed E-state index contributed by atoms with van der Waals surface area (Å²) in [5.74, 6) is -0.428. The molecule has 0 radical (unpaired) electrons. The van der Waals surface area contributed by atoms with Gasteiger partial charge in [0.05, 0.1) is 0 Å². The topological polar surface area (TPSA) is 55.1 Å². The first-order chi connectivity index (χ1) is 7.00. The lowest BCUT2D eigenvalue weighted by Gasteiger charge is -2.16. The molecule has 0 spiro atoms. The van der Waals surface area contributed by atoms with Gasteiger partial charge in [-0.25, -0.2) is 0 Å². The average molecular weight is 269 g/mol. The van der Waals surface area contributed by atoms with Crippen molar-refractivity contribution in [1.82, 2.24) is 0 Å². The molecule has 4 heteroatoms. The predicted molar refractivity (Wildman–Crippen MR) is 65.6 cm³/mol. The highest BCUT2D eigenvalue weighted by Gasteiger charge is 2.15. The van der Waals surface area contributed by atoms with Crippen LogP contribution in [0.5, 0.6) is 0 Å². The molecular formula is C11H13BrN2O. The van der Waals surface area contributed by atoms with Crippen LogP contribution < -0.4 is 11.1 Å². The molecule has 15 heavy (non-hydrogen) atoms. The highest BCUT2D eigenvalue weighted by atomic mass is 79.9. The Labute approximate surface area is 97.5 Å². The van der Waals surface area contributed by atoms with Gasteiger partial charge in [0.1, 0.15) is 6.04 Å². The van der Waals surface area contributed by atoms with E-state index in [1.165, 1.54) is 0 Å². The number of carbonyl (C=O) groups is 1. The van der Waals surface area contributed by atoms with Crippen molar-refractivity contribution in [2.45, 2.75) is 13.0 Å². The second-order valence-corrected chi connectivity index (χ2v) is 4.25. The number of carbonyl (C=O) groups excluding carboxylic acids is 1. The molecule has 0 aromatic heterocycles. The van der Waals surface area contributed by atoms with Crippen molar-refractivity contribution < 1.29 is 4.79 Å². The molecule has 0 fully saturated rings. The van der Waals surface area contributed by atoms with Crippen LogP contribution in [0.4, 0.5) is 5.69 Å². The molecule has 0 saturated heterocycles. The quantitative estimate of drug-likeness (QED) is 0.824. The molecule has 1 rings (SSSR count). The number of halogens is 1. The summed E-state index contributed by atoms with van der Waals surface area (Å²) in [6.45, 7) is 5.48. The van der Waals surface area contributed by atoms with Gasteiger partial charge in [-0.3, -0.25) is 4.79 Å². The van der Waals surface area contributed by atoms with Gasteiger partial charge < -0.3 is 11.1 Å². The van der Waals surface area contributed by atoms with Crippen molar-refractivity contribution >= 4 is 27.5 Å². The maximum Gasteiger partial charge on any atom is 0.244 e. The van der Waals surface area contributed by atoms with Gasteiger partial charge in [0.15, 0.2) is 0 Å². The first-order valence-electron chi connectivity index (χ1n) is 4.47. The van der Waals surface area contributed by atoms with Crippen molar-refractivity contribution in [3.63, 3.8) is 0 Å². The van der Waals surface area contributed by atoms with Crippen molar-refractivity contribution in [2.24, 2.45) is 5.73 Å². The third-order valence-corrected chi connectivity index (χ3v) is 2.41. The maximum atomic E-state index is 11.1. The van der Waals surface area contributed by atoms with Gasteiger partial charge in [-0.2, -0.15) is 0 Å². The van der Waals surface area contributed by atoms with E-state index in [0.717, 1.165) is 10.2 Å². The zero-order chi connectivity index (χ0) is 11.4. The van der Waals surface area contributed by atoms with Crippen LogP contribution in [0.3, 0.4) is 0 Å². The minimum atomic E-state index is -0.528. The van der Waals surface area contributed by atoms with Gasteiger partial charge in [0, 0.05) is 10.2 Å². The molecule has 1 amide bonds. The molecule has 1 unspecified atom stereocenters. The average Bonchev–Trinajstić information content (AvgIpc) is 2.13. The molecule has 0 aliphatic rings. The van der Waals surface area contributed by atoms with Crippen LogP contribution in [0, 0.1) is 0 Å². The van der Waals surface area contributed by atoms with E-state index < -0.39 is 11.9 Å². The summed E-state index contributed by atoms with van der Waals surface area (Å²) >= 11 is 3.35. The van der Waals surface area contributed by atoms with E-state index in [-0.39, 0.29) is 0 Å². The number of rotatable bonds is 4. The van der Waals surface area contributed by atoms with E-state index in [0.29, 0.717) is 5.57 Å². The lowest BCUT2D eigenvalue weighted by Crippen LogP contribution is -2.36. The third-order valence-electron chi connectivity index (χ3n) is 1.91. The lowest BCUT2D eigenvalue weighted by molar-refractivity contribution is -0.118. The number of nitrogens with two attached hydrogens (primary N) is 1. The number of hydrogen-bond acceptors (Lipinski definition) is 2. The van der Waals surface area contributed by atoms with Crippen LogP contribution in [0.15, 0.2) is 40.9 Å². The van der Waals surface area contributed by atoms with Crippen molar-refractivity contribution in [2.75, 3.05) is 5.32 Å². The van der Waals surface area contributed by atoms with E-state index in [1.807, 2.05) is 24.3 Å². The summed E-state index contributed by atoms with van der Waals surface area (Å²) in [4.78, 5) is 11.1. The molecule has 1 aromatic carbocycles. The number of hydrogen-bond donors (Lipinski definition) is 2. The number of anilines is 1. The van der Waals surface area contributed by atoms with Crippen LogP contribution in [0.25, 0.3) is 0 Å². The Morgan fingerprint density at radius 1 is 1.60 bits per heavy atom. The second kappa shape index (κ2) is 4.98. The molecule has 0 aliphatic carbocycles. The second-order valence-electron chi connectivity index (χ2n) is 3.34. The largest absolute Gasteiger partial charge is 0.370 e. The first kappa shape index (κ1) is 11.8. The zero-order valence-corrected chi connectivity index (χ0v) is 10.0. The van der Waals surface area contributed by atoms with Gasteiger partial charge in [-0.05, 0) is 30.7 Å². The molecule has 3 nitrogen and oxygen atoms in total. The number of nitrogens with one attached hydrogen (secondary N) is 1. The van der Waals surface area contributed by atoms with Gasteiger partial charge in [-0.15, -0.1) is 0 Å². The van der Waals surface area contributed by atoms with Crippen LogP contribution in [0.2, 0.25) is 0 Å². The molecule has 3 N–H and O–H groups in total. The maximum absolute atomic E-state index is 11.1. The molecular weight excluding hydrogens is 256 g/mol.